The van der Waals surface area contributed by atoms with E-state index in [4.69, 9.17) is 11.6 Å². The van der Waals surface area contributed by atoms with Crippen molar-refractivity contribution in [3.05, 3.63) is 50.9 Å². The highest BCUT2D eigenvalue weighted by molar-refractivity contribution is 7.09. The third-order valence-corrected chi connectivity index (χ3v) is 3.72. The molecule has 1 heterocycles. The van der Waals surface area contributed by atoms with Crippen molar-refractivity contribution in [2.45, 2.75) is 25.9 Å². The summed E-state index contributed by atoms with van der Waals surface area (Å²) in [7, 11) is 0. The normalized spacial score (nSPS) is 12.6. The fraction of sp³-hybridized carbons (Fsp3) is 0.308. The molecule has 1 atom stereocenters. The van der Waals surface area contributed by atoms with Crippen LogP contribution in [0.1, 0.15) is 16.3 Å². The van der Waals surface area contributed by atoms with Gasteiger partial charge in [0.05, 0.1) is 16.8 Å². The molecular weight excluding hydrogens is 254 g/mol. The Morgan fingerprint density at radius 1 is 1.35 bits per heavy atom. The van der Waals surface area contributed by atoms with Crippen molar-refractivity contribution in [1.29, 1.82) is 0 Å². The van der Waals surface area contributed by atoms with Crippen molar-refractivity contribution >= 4 is 22.9 Å². The number of aliphatic hydroxyl groups excluding tert-OH is 1. The molecule has 0 aliphatic heterocycles. The van der Waals surface area contributed by atoms with Gasteiger partial charge in [-0.25, -0.2) is 4.98 Å². The Labute approximate surface area is 110 Å². The highest BCUT2D eigenvalue weighted by Gasteiger charge is 2.10. The zero-order valence-electron chi connectivity index (χ0n) is 9.56. The van der Waals surface area contributed by atoms with E-state index in [1.807, 2.05) is 36.6 Å². The average molecular weight is 268 g/mol. The third-order valence-electron chi connectivity index (χ3n) is 2.52. The summed E-state index contributed by atoms with van der Waals surface area (Å²) in [5.41, 5.74) is 1.93. The minimum absolute atomic E-state index is 0.434. The van der Waals surface area contributed by atoms with E-state index < -0.39 is 6.10 Å². The molecule has 2 rings (SSSR count). The van der Waals surface area contributed by atoms with Gasteiger partial charge in [-0.15, -0.1) is 11.3 Å². The fourth-order valence-electron chi connectivity index (χ4n) is 1.73. The summed E-state index contributed by atoms with van der Waals surface area (Å²) in [4.78, 5) is 4.34. The van der Waals surface area contributed by atoms with Crippen molar-refractivity contribution < 1.29 is 5.11 Å². The Morgan fingerprint density at radius 2 is 2.12 bits per heavy atom. The van der Waals surface area contributed by atoms with E-state index in [9.17, 15) is 5.11 Å². The zero-order valence-corrected chi connectivity index (χ0v) is 11.1. The molecule has 17 heavy (non-hydrogen) atoms. The van der Waals surface area contributed by atoms with E-state index in [2.05, 4.69) is 4.98 Å². The summed E-state index contributed by atoms with van der Waals surface area (Å²) >= 11 is 7.66. The molecule has 1 aromatic heterocycles. The second-order valence-electron chi connectivity index (χ2n) is 4.01. The molecule has 0 spiro atoms. The van der Waals surface area contributed by atoms with E-state index in [0.717, 1.165) is 16.3 Å². The highest BCUT2D eigenvalue weighted by Crippen LogP contribution is 2.18. The van der Waals surface area contributed by atoms with Crippen LogP contribution in [0.15, 0.2) is 29.6 Å². The number of hydrogen-bond donors (Lipinski definition) is 1. The van der Waals surface area contributed by atoms with Crippen molar-refractivity contribution in [2.24, 2.45) is 0 Å². The molecular formula is C13H14ClNOS. The van der Waals surface area contributed by atoms with Gasteiger partial charge in [0, 0.05) is 23.2 Å². The molecule has 4 heteroatoms. The van der Waals surface area contributed by atoms with Gasteiger partial charge in [-0.2, -0.15) is 0 Å². The molecule has 0 radical (unpaired) electrons. The van der Waals surface area contributed by atoms with Crippen LogP contribution in [-0.2, 0) is 12.8 Å². The number of benzene rings is 1. The fourth-order valence-corrected chi connectivity index (χ4v) is 2.57. The Balaban J connectivity index is 1.98. The lowest BCUT2D eigenvalue weighted by molar-refractivity contribution is 0.174. The molecule has 2 aromatic rings. The second kappa shape index (κ2) is 5.63. The number of hydrogen-bond acceptors (Lipinski definition) is 3. The first-order valence-electron chi connectivity index (χ1n) is 5.47. The van der Waals surface area contributed by atoms with Crippen molar-refractivity contribution in [2.75, 3.05) is 0 Å². The van der Waals surface area contributed by atoms with Gasteiger partial charge in [-0.05, 0) is 18.6 Å². The van der Waals surface area contributed by atoms with Gasteiger partial charge in [0.25, 0.3) is 0 Å². The summed E-state index contributed by atoms with van der Waals surface area (Å²) in [6, 6.07) is 7.61. The predicted octanol–water partition coefficient (Wildman–Crippen LogP) is 3.25. The van der Waals surface area contributed by atoms with Crippen LogP contribution in [0.4, 0.5) is 0 Å². The quantitative estimate of drug-likeness (QED) is 0.922. The molecule has 2 nitrogen and oxygen atoms in total. The average Bonchev–Trinajstić information content (AvgIpc) is 2.67. The molecule has 1 aromatic carbocycles. The first-order valence-corrected chi connectivity index (χ1v) is 6.73. The summed E-state index contributed by atoms with van der Waals surface area (Å²) < 4.78 is 0. The molecule has 0 saturated carbocycles. The van der Waals surface area contributed by atoms with Gasteiger partial charge in [0.2, 0.25) is 0 Å². The van der Waals surface area contributed by atoms with E-state index in [-0.39, 0.29) is 0 Å². The van der Waals surface area contributed by atoms with Crippen LogP contribution in [0.3, 0.4) is 0 Å². The molecule has 0 bridgehead atoms. The number of aliphatic hydroxyl groups is 1. The minimum Gasteiger partial charge on any atom is -0.392 e. The van der Waals surface area contributed by atoms with Crippen LogP contribution in [0.2, 0.25) is 5.02 Å². The predicted molar refractivity (Wildman–Crippen MR) is 71.7 cm³/mol. The Kier molecular flexibility index (Phi) is 4.15. The number of nitrogens with zero attached hydrogens (tertiary/aromatic N) is 1. The summed E-state index contributed by atoms with van der Waals surface area (Å²) in [5, 5.41) is 13.7. The molecule has 1 unspecified atom stereocenters. The number of aryl methyl sites for hydroxylation is 1. The second-order valence-corrected chi connectivity index (χ2v) is 5.48. The maximum absolute atomic E-state index is 10.00. The monoisotopic (exact) mass is 267 g/mol. The first kappa shape index (κ1) is 12.6. The number of thiazole rings is 1. The Morgan fingerprint density at radius 3 is 2.76 bits per heavy atom. The smallest absolute Gasteiger partial charge is 0.0897 e. The van der Waals surface area contributed by atoms with Gasteiger partial charge in [0.1, 0.15) is 0 Å². The summed E-state index contributed by atoms with van der Waals surface area (Å²) in [5.74, 6) is 0. The Bertz CT molecular complexity index is 498. The van der Waals surface area contributed by atoms with Gasteiger partial charge < -0.3 is 5.11 Å². The molecule has 0 aliphatic rings. The van der Waals surface area contributed by atoms with Gasteiger partial charge in [-0.1, -0.05) is 29.8 Å². The van der Waals surface area contributed by atoms with Crippen LogP contribution in [0, 0.1) is 6.92 Å². The van der Waals surface area contributed by atoms with Crippen molar-refractivity contribution in [1.82, 2.24) is 4.98 Å². The SMILES string of the molecule is Cc1nc(CC(O)Cc2ccccc2Cl)cs1. The van der Waals surface area contributed by atoms with Crippen LogP contribution in [-0.4, -0.2) is 16.2 Å². The lowest BCUT2D eigenvalue weighted by atomic mass is 10.0. The maximum Gasteiger partial charge on any atom is 0.0897 e. The molecule has 90 valence electrons. The molecule has 0 amide bonds. The van der Waals surface area contributed by atoms with E-state index >= 15 is 0 Å². The highest BCUT2D eigenvalue weighted by atomic mass is 35.5. The summed E-state index contributed by atoms with van der Waals surface area (Å²) in [6.07, 6.45) is 0.711. The minimum atomic E-state index is -0.434. The van der Waals surface area contributed by atoms with Crippen LogP contribution < -0.4 is 0 Å². The topological polar surface area (TPSA) is 33.1 Å². The lowest BCUT2D eigenvalue weighted by Crippen LogP contribution is -2.14. The Hall–Kier alpha value is -0.900. The largest absolute Gasteiger partial charge is 0.392 e. The summed E-state index contributed by atoms with van der Waals surface area (Å²) in [6.45, 7) is 1.97. The van der Waals surface area contributed by atoms with E-state index in [0.29, 0.717) is 17.9 Å². The van der Waals surface area contributed by atoms with Crippen LogP contribution in [0.5, 0.6) is 0 Å². The first-order chi connectivity index (χ1) is 8.15. The maximum atomic E-state index is 10.00. The number of halogens is 1. The van der Waals surface area contributed by atoms with Crippen LogP contribution >= 0.6 is 22.9 Å². The van der Waals surface area contributed by atoms with Crippen molar-refractivity contribution in [3.8, 4) is 0 Å². The van der Waals surface area contributed by atoms with Gasteiger partial charge in [0.15, 0.2) is 0 Å². The molecule has 0 aliphatic carbocycles. The van der Waals surface area contributed by atoms with E-state index in [1.54, 1.807) is 11.3 Å². The molecule has 1 N–H and O–H groups in total. The van der Waals surface area contributed by atoms with Gasteiger partial charge >= 0.3 is 0 Å². The van der Waals surface area contributed by atoms with Crippen LogP contribution in [0.25, 0.3) is 0 Å². The van der Waals surface area contributed by atoms with Gasteiger partial charge in [-0.3, -0.25) is 0 Å². The molecule has 0 saturated heterocycles. The van der Waals surface area contributed by atoms with Crippen molar-refractivity contribution in [3.63, 3.8) is 0 Å². The van der Waals surface area contributed by atoms with E-state index in [1.165, 1.54) is 0 Å². The standard InChI is InChI=1S/C13H14ClNOS/c1-9-15-11(8-17-9)7-12(16)6-10-4-2-3-5-13(10)14/h2-5,8,12,16H,6-7H2,1H3. The lowest BCUT2D eigenvalue weighted by Gasteiger charge is -2.10. The zero-order chi connectivity index (χ0) is 12.3. The third kappa shape index (κ3) is 3.53. The number of aromatic nitrogens is 1. The molecule has 0 fully saturated rings. The number of rotatable bonds is 4.